The molecule has 1 fully saturated rings. The van der Waals surface area contributed by atoms with E-state index in [0.717, 1.165) is 28.4 Å². The van der Waals surface area contributed by atoms with Crippen molar-refractivity contribution in [3.63, 3.8) is 0 Å². The van der Waals surface area contributed by atoms with Gasteiger partial charge in [-0.1, -0.05) is 11.6 Å². The van der Waals surface area contributed by atoms with Crippen LogP contribution in [0.4, 0.5) is 0 Å². The maximum atomic E-state index is 6.04. The molecular formula is C11H17BrCl2N2S. The molecule has 1 saturated heterocycles. The van der Waals surface area contributed by atoms with E-state index in [2.05, 4.69) is 33.8 Å². The molecule has 0 aliphatic carbocycles. The van der Waals surface area contributed by atoms with Gasteiger partial charge >= 0.3 is 0 Å². The minimum absolute atomic E-state index is 0. The Morgan fingerprint density at radius 1 is 1.65 bits per heavy atom. The first-order valence-corrected chi connectivity index (χ1v) is 7.46. The molecule has 0 bridgehead atoms. The number of nitrogens with two attached hydrogens (primary N) is 1. The molecular weight excluding hydrogens is 343 g/mol. The topological polar surface area (TPSA) is 29.3 Å². The van der Waals surface area contributed by atoms with Gasteiger partial charge in [0.2, 0.25) is 0 Å². The summed E-state index contributed by atoms with van der Waals surface area (Å²) in [5.74, 6) is 0.661. The first-order chi connectivity index (χ1) is 7.60. The van der Waals surface area contributed by atoms with Crippen molar-refractivity contribution in [2.45, 2.75) is 25.9 Å². The van der Waals surface area contributed by atoms with E-state index in [1.807, 2.05) is 0 Å². The van der Waals surface area contributed by atoms with Crippen LogP contribution in [0.2, 0.25) is 4.34 Å². The van der Waals surface area contributed by atoms with Gasteiger partial charge in [-0.25, -0.2) is 0 Å². The van der Waals surface area contributed by atoms with Crippen molar-refractivity contribution < 1.29 is 0 Å². The predicted molar refractivity (Wildman–Crippen MR) is 81.3 cm³/mol. The van der Waals surface area contributed by atoms with Gasteiger partial charge in [-0.2, -0.15) is 0 Å². The summed E-state index contributed by atoms with van der Waals surface area (Å²) >= 11 is 11.1. The number of nitrogens with zero attached hydrogens (tertiary/aromatic N) is 1. The third-order valence-electron chi connectivity index (χ3n) is 3.18. The Balaban J connectivity index is 0.00000144. The van der Waals surface area contributed by atoms with Crippen LogP contribution in [-0.4, -0.2) is 24.0 Å². The van der Waals surface area contributed by atoms with E-state index < -0.39 is 0 Å². The Morgan fingerprint density at radius 3 is 2.82 bits per heavy atom. The maximum absolute atomic E-state index is 6.04. The maximum Gasteiger partial charge on any atom is 0.107 e. The minimum atomic E-state index is 0. The van der Waals surface area contributed by atoms with Crippen LogP contribution >= 0.6 is 51.3 Å². The molecule has 1 aromatic rings. The fourth-order valence-electron chi connectivity index (χ4n) is 2.28. The Bertz CT molecular complexity index is 353. The fourth-order valence-corrected chi connectivity index (χ4v) is 4.09. The highest BCUT2D eigenvalue weighted by Gasteiger charge is 2.28. The minimum Gasteiger partial charge on any atom is -0.330 e. The molecule has 2 heterocycles. The zero-order chi connectivity index (χ0) is 11.7. The molecule has 98 valence electrons. The summed E-state index contributed by atoms with van der Waals surface area (Å²) in [5, 5.41) is 0. The van der Waals surface area contributed by atoms with Crippen LogP contribution in [0, 0.1) is 5.92 Å². The zero-order valence-electron chi connectivity index (χ0n) is 9.66. The normalized spacial score (nSPS) is 24.9. The largest absolute Gasteiger partial charge is 0.330 e. The Morgan fingerprint density at radius 2 is 2.35 bits per heavy atom. The Kier molecular flexibility index (Phi) is 6.23. The molecule has 2 rings (SSSR count). The molecule has 1 aliphatic heterocycles. The van der Waals surface area contributed by atoms with Crippen LogP contribution in [0.25, 0.3) is 0 Å². The fraction of sp³-hybridized carbons (Fsp3) is 0.636. The van der Waals surface area contributed by atoms with Crippen molar-refractivity contribution in [2.24, 2.45) is 11.7 Å². The van der Waals surface area contributed by atoms with E-state index in [-0.39, 0.29) is 12.4 Å². The van der Waals surface area contributed by atoms with Gasteiger partial charge in [0.1, 0.15) is 4.34 Å². The van der Waals surface area contributed by atoms with Crippen LogP contribution in [0.3, 0.4) is 0 Å². The van der Waals surface area contributed by atoms with Gasteiger partial charge in [-0.3, -0.25) is 4.90 Å². The van der Waals surface area contributed by atoms with Crippen LogP contribution in [-0.2, 0) is 6.54 Å². The van der Waals surface area contributed by atoms with Gasteiger partial charge in [0, 0.05) is 28.5 Å². The van der Waals surface area contributed by atoms with Crippen molar-refractivity contribution >= 4 is 51.3 Å². The average Bonchev–Trinajstić information content (AvgIpc) is 2.73. The highest BCUT2D eigenvalue weighted by Crippen LogP contribution is 2.34. The lowest BCUT2D eigenvalue weighted by Gasteiger charge is -2.19. The molecule has 2 N–H and O–H groups in total. The van der Waals surface area contributed by atoms with Crippen LogP contribution < -0.4 is 5.73 Å². The quantitative estimate of drug-likeness (QED) is 0.890. The van der Waals surface area contributed by atoms with Gasteiger partial charge in [-0.05, 0) is 47.8 Å². The summed E-state index contributed by atoms with van der Waals surface area (Å²) < 4.78 is 1.86. The number of rotatable bonds is 3. The summed E-state index contributed by atoms with van der Waals surface area (Å²) in [5.41, 5.74) is 5.73. The van der Waals surface area contributed by atoms with E-state index >= 15 is 0 Å². The van der Waals surface area contributed by atoms with Crippen molar-refractivity contribution in [1.29, 1.82) is 0 Å². The van der Waals surface area contributed by atoms with E-state index in [4.69, 9.17) is 17.3 Å². The predicted octanol–water partition coefficient (Wildman–Crippen LogP) is 3.75. The molecule has 6 heteroatoms. The first-order valence-electron chi connectivity index (χ1n) is 5.48. The number of thiophene rings is 1. The lowest BCUT2D eigenvalue weighted by atomic mass is 10.1. The monoisotopic (exact) mass is 358 g/mol. The average molecular weight is 360 g/mol. The Hall–Kier alpha value is 0.680. The third kappa shape index (κ3) is 3.82. The van der Waals surface area contributed by atoms with E-state index in [1.54, 1.807) is 11.3 Å². The SMILES string of the molecule is CC1CC(CN)CN1Cc1cc(Br)c(Cl)s1.Cl. The van der Waals surface area contributed by atoms with E-state index in [0.29, 0.717) is 12.0 Å². The number of halogens is 3. The van der Waals surface area contributed by atoms with Gasteiger partial charge in [0.25, 0.3) is 0 Å². The third-order valence-corrected chi connectivity index (χ3v) is 5.64. The molecule has 1 aromatic heterocycles. The zero-order valence-corrected chi connectivity index (χ0v) is 13.6. The molecule has 2 unspecified atom stereocenters. The molecule has 2 atom stereocenters. The van der Waals surface area contributed by atoms with Gasteiger partial charge < -0.3 is 5.73 Å². The van der Waals surface area contributed by atoms with Crippen LogP contribution in [0.5, 0.6) is 0 Å². The smallest absolute Gasteiger partial charge is 0.107 e. The summed E-state index contributed by atoms with van der Waals surface area (Å²) in [6.07, 6.45) is 1.22. The molecule has 17 heavy (non-hydrogen) atoms. The highest BCUT2D eigenvalue weighted by molar-refractivity contribution is 9.10. The summed E-state index contributed by atoms with van der Waals surface area (Å²) in [6, 6.07) is 2.75. The number of likely N-dealkylation sites (tertiary alicyclic amines) is 1. The second kappa shape index (κ2) is 6.73. The van der Waals surface area contributed by atoms with E-state index in [9.17, 15) is 0 Å². The first kappa shape index (κ1) is 15.7. The lowest BCUT2D eigenvalue weighted by Crippen LogP contribution is -2.26. The van der Waals surface area contributed by atoms with Crippen LogP contribution in [0.15, 0.2) is 10.5 Å². The number of hydrogen-bond acceptors (Lipinski definition) is 3. The van der Waals surface area contributed by atoms with Crippen molar-refractivity contribution in [3.8, 4) is 0 Å². The Labute approximate surface area is 126 Å². The van der Waals surface area contributed by atoms with Crippen molar-refractivity contribution in [2.75, 3.05) is 13.1 Å². The highest BCUT2D eigenvalue weighted by atomic mass is 79.9. The van der Waals surface area contributed by atoms with E-state index in [1.165, 1.54) is 11.3 Å². The standard InChI is InChI=1S/C11H16BrClN2S.ClH/c1-7-2-8(4-14)5-15(7)6-9-3-10(12)11(13)16-9;/h3,7-8H,2,4-6,14H2,1H3;1H. The lowest BCUT2D eigenvalue weighted by molar-refractivity contribution is 0.258. The van der Waals surface area contributed by atoms with Gasteiger partial charge in [0.05, 0.1) is 0 Å². The van der Waals surface area contributed by atoms with Gasteiger partial charge in [-0.15, -0.1) is 23.7 Å². The summed E-state index contributed by atoms with van der Waals surface area (Å²) in [6.45, 7) is 5.19. The second-order valence-corrected chi connectivity index (χ2v) is 7.04. The second-order valence-electron chi connectivity index (χ2n) is 4.45. The van der Waals surface area contributed by atoms with Crippen molar-refractivity contribution in [1.82, 2.24) is 4.90 Å². The number of hydrogen-bond donors (Lipinski definition) is 1. The molecule has 0 aromatic carbocycles. The van der Waals surface area contributed by atoms with Crippen LogP contribution in [0.1, 0.15) is 18.2 Å². The molecule has 0 saturated carbocycles. The summed E-state index contributed by atoms with van der Waals surface area (Å²) in [7, 11) is 0. The summed E-state index contributed by atoms with van der Waals surface area (Å²) in [4.78, 5) is 3.81. The molecule has 1 aliphatic rings. The van der Waals surface area contributed by atoms with Crippen molar-refractivity contribution in [3.05, 3.63) is 19.8 Å². The molecule has 0 amide bonds. The molecule has 2 nitrogen and oxygen atoms in total. The molecule has 0 spiro atoms. The van der Waals surface area contributed by atoms with Gasteiger partial charge in [0.15, 0.2) is 0 Å². The molecule has 0 radical (unpaired) electrons.